The Balaban J connectivity index is 2.56. The lowest BCUT2D eigenvalue weighted by Gasteiger charge is -2.27. The zero-order valence-corrected chi connectivity index (χ0v) is 13.6. The van der Waals surface area contributed by atoms with E-state index in [1.165, 1.54) is 4.90 Å². The van der Waals surface area contributed by atoms with E-state index in [0.717, 1.165) is 0 Å². The predicted molar refractivity (Wildman–Crippen MR) is 73.8 cm³/mol. The SMILES string of the molecule is O=C(c1c(F)cc(Br)c(S(=O)(=O)Cl)c1F)N1CCOCC1. The third-order valence-corrected chi connectivity index (χ3v) is 5.12. The van der Waals surface area contributed by atoms with E-state index in [-0.39, 0.29) is 30.8 Å². The van der Waals surface area contributed by atoms with E-state index in [1.807, 2.05) is 0 Å². The largest absolute Gasteiger partial charge is 0.378 e. The Morgan fingerprint density at radius 1 is 1.33 bits per heavy atom. The van der Waals surface area contributed by atoms with Crippen LogP contribution in [-0.4, -0.2) is 45.5 Å². The first-order valence-corrected chi connectivity index (χ1v) is 8.83. The third kappa shape index (κ3) is 3.36. The minimum atomic E-state index is -4.48. The summed E-state index contributed by atoms with van der Waals surface area (Å²) < 4.78 is 55.6. The number of morpholine rings is 1. The second-order valence-electron chi connectivity index (χ2n) is 4.20. The average Bonchev–Trinajstić information content (AvgIpc) is 2.37. The number of hydrogen-bond donors (Lipinski definition) is 0. The van der Waals surface area contributed by atoms with Gasteiger partial charge >= 0.3 is 0 Å². The molecule has 1 heterocycles. The second-order valence-corrected chi connectivity index (χ2v) is 7.56. The smallest absolute Gasteiger partial charge is 0.265 e. The topological polar surface area (TPSA) is 63.7 Å². The van der Waals surface area contributed by atoms with E-state index >= 15 is 0 Å². The molecule has 21 heavy (non-hydrogen) atoms. The van der Waals surface area contributed by atoms with Gasteiger partial charge in [0.25, 0.3) is 15.0 Å². The monoisotopic (exact) mass is 403 g/mol. The van der Waals surface area contributed by atoms with Crippen molar-refractivity contribution >= 4 is 41.6 Å². The fraction of sp³-hybridized carbons (Fsp3) is 0.364. The van der Waals surface area contributed by atoms with Gasteiger partial charge in [-0.3, -0.25) is 4.79 Å². The van der Waals surface area contributed by atoms with Crippen molar-refractivity contribution in [2.24, 2.45) is 0 Å². The fourth-order valence-corrected chi connectivity index (χ4v) is 4.27. The van der Waals surface area contributed by atoms with Crippen LogP contribution in [0.1, 0.15) is 10.4 Å². The quantitative estimate of drug-likeness (QED) is 0.709. The van der Waals surface area contributed by atoms with Crippen molar-refractivity contribution in [3.8, 4) is 0 Å². The highest BCUT2D eigenvalue weighted by Gasteiger charge is 2.31. The van der Waals surface area contributed by atoms with Crippen LogP contribution in [0.5, 0.6) is 0 Å². The van der Waals surface area contributed by atoms with E-state index in [2.05, 4.69) is 15.9 Å². The van der Waals surface area contributed by atoms with Crippen LogP contribution in [0.25, 0.3) is 0 Å². The molecule has 0 aliphatic carbocycles. The molecule has 0 atom stereocenters. The molecule has 1 aromatic carbocycles. The number of ether oxygens (including phenoxy) is 1. The summed E-state index contributed by atoms with van der Waals surface area (Å²) in [4.78, 5) is 12.4. The van der Waals surface area contributed by atoms with Gasteiger partial charge in [0.15, 0.2) is 5.82 Å². The Bertz CT molecular complexity index is 692. The lowest BCUT2D eigenvalue weighted by atomic mass is 10.1. The Morgan fingerprint density at radius 2 is 1.90 bits per heavy atom. The van der Waals surface area contributed by atoms with E-state index in [0.29, 0.717) is 6.07 Å². The number of hydrogen-bond acceptors (Lipinski definition) is 4. The summed E-state index contributed by atoms with van der Waals surface area (Å²) >= 11 is 2.72. The number of rotatable bonds is 2. The van der Waals surface area contributed by atoms with Gasteiger partial charge in [-0.2, -0.15) is 0 Å². The molecule has 116 valence electrons. The number of amides is 1. The number of carbonyl (C=O) groups excluding carboxylic acids is 1. The molecule has 10 heteroatoms. The molecule has 0 N–H and O–H groups in total. The van der Waals surface area contributed by atoms with Crippen LogP contribution in [0.2, 0.25) is 0 Å². The van der Waals surface area contributed by atoms with Crippen molar-refractivity contribution in [3.05, 3.63) is 27.7 Å². The third-order valence-electron chi connectivity index (χ3n) is 2.88. The lowest BCUT2D eigenvalue weighted by molar-refractivity contribution is 0.0296. The first-order valence-electron chi connectivity index (χ1n) is 5.72. The molecule has 1 aliphatic heterocycles. The molecule has 0 unspecified atom stereocenters. The molecule has 1 saturated heterocycles. The van der Waals surface area contributed by atoms with Gasteiger partial charge in [0, 0.05) is 28.2 Å². The number of carbonyl (C=O) groups is 1. The molecule has 1 amide bonds. The van der Waals surface area contributed by atoms with E-state index in [4.69, 9.17) is 15.4 Å². The number of benzene rings is 1. The zero-order chi connectivity index (χ0) is 15.8. The van der Waals surface area contributed by atoms with Crippen LogP contribution >= 0.6 is 26.6 Å². The summed E-state index contributed by atoms with van der Waals surface area (Å²) in [5, 5.41) is 0. The summed E-state index contributed by atoms with van der Waals surface area (Å²) in [6.07, 6.45) is 0. The minimum Gasteiger partial charge on any atom is -0.378 e. The van der Waals surface area contributed by atoms with Crippen molar-refractivity contribution in [2.75, 3.05) is 26.3 Å². The summed E-state index contributed by atoms with van der Waals surface area (Å²) in [5.74, 6) is -3.62. The molecular formula is C11H9BrClF2NO4S. The molecular weight excluding hydrogens is 396 g/mol. The lowest BCUT2D eigenvalue weighted by Crippen LogP contribution is -2.41. The highest BCUT2D eigenvalue weighted by atomic mass is 79.9. The highest BCUT2D eigenvalue weighted by Crippen LogP contribution is 2.32. The second kappa shape index (κ2) is 6.15. The van der Waals surface area contributed by atoms with Gasteiger partial charge in [-0.15, -0.1) is 0 Å². The van der Waals surface area contributed by atoms with Crippen LogP contribution in [0, 0.1) is 11.6 Å². The molecule has 1 fully saturated rings. The predicted octanol–water partition coefficient (Wildman–Crippen LogP) is 2.13. The van der Waals surface area contributed by atoms with Crippen molar-refractivity contribution in [1.82, 2.24) is 4.90 Å². The first-order chi connectivity index (χ1) is 9.73. The van der Waals surface area contributed by atoms with Gasteiger partial charge in [-0.1, -0.05) is 0 Å². The van der Waals surface area contributed by atoms with Gasteiger partial charge in [-0.25, -0.2) is 17.2 Å². The molecule has 5 nitrogen and oxygen atoms in total. The molecule has 1 aliphatic rings. The average molecular weight is 405 g/mol. The molecule has 1 aromatic rings. The van der Waals surface area contributed by atoms with Crippen molar-refractivity contribution < 1.29 is 26.7 Å². The Kier molecular flexibility index (Phi) is 4.86. The van der Waals surface area contributed by atoms with E-state index in [9.17, 15) is 22.0 Å². The molecule has 2 rings (SSSR count). The zero-order valence-electron chi connectivity index (χ0n) is 10.4. The van der Waals surface area contributed by atoms with Crippen LogP contribution in [0.4, 0.5) is 8.78 Å². The van der Waals surface area contributed by atoms with Gasteiger partial charge in [-0.05, 0) is 22.0 Å². The summed E-state index contributed by atoms with van der Waals surface area (Å²) in [7, 11) is 0.639. The maximum atomic E-state index is 14.3. The molecule has 0 radical (unpaired) electrons. The molecule has 0 saturated carbocycles. The van der Waals surface area contributed by atoms with Crippen LogP contribution < -0.4 is 0 Å². The molecule has 0 spiro atoms. The van der Waals surface area contributed by atoms with Crippen molar-refractivity contribution in [1.29, 1.82) is 0 Å². The standard InChI is InChI=1S/C11H9BrClF2NO4S/c12-6-5-7(14)8(9(15)10(6)21(13,18)19)11(17)16-1-3-20-4-2-16/h5H,1-4H2. The Hall–Kier alpha value is -0.770. The Labute approximate surface area is 132 Å². The summed E-state index contributed by atoms with van der Waals surface area (Å²) in [5.41, 5.74) is -0.945. The Morgan fingerprint density at radius 3 is 2.43 bits per heavy atom. The fourth-order valence-electron chi connectivity index (χ4n) is 1.92. The molecule has 0 bridgehead atoms. The number of halogens is 4. The van der Waals surface area contributed by atoms with Gasteiger partial charge in [0.1, 0.15) is 16.3 Å². The summed E-state index contributed by atoms with van der Waals surface area (Å²) in [6, 6.07) is 0.700. The van der Waals surface area contributed by atoms with Crippen LogP contribution in [0.15, 0.2) is 15.4 Å². The molecule has 0 aromatic heterocycles. The van der Waals surface area contributed by atoms with Gasteiger partial charge < -0.3 is 9.64 Å². The first kappa shape index (κ1) is 16.6. The number of nitrogens with zero attached hydrogens (tertiary/aromatic N) is 1. The summed E-state index contributed by atoms with van der Waals surface area (Å²) in [6.45, 7) is 0.811. The van der Waals surface area contributed by atoms with Gasteiger partial charge in [0.2, 0.25) is 0 Å². The highest BCUT2D eigenvalue weighted by molar-refractivity contribution is 9.10. The normalized spacial score (nSPS) is 16.1. The van der Waals surface area contributed by atoms with Crippen LogP contribution in [-0.2, 0) is 13.8 Å². The van der Waals surface area contributed by atoms with Gasteiger partial charge in [0.05, 0.1) is 13.2 Å². The van der Waals surface area contributed by atoms with Crippen molar-refractivity contribution in [2.45, 2.75) is 4.90 Å². The van der Waals surface area contributed by atoms with E-state index in [1.54, 1.807) is 0 Å². The van der Waals surface area contributed by atoms with E-state index < -0.39 is 37.1 Å². The minimum absolute atomic E-state index is 0.163. The van der Waals surface area contributed by atoms with Crippen molar-refractivity contribution in [3.63, 3.8) is 0 Å². The van der Waals surface area contributed by atoms with Crippen LogP contribution in [0.3, 0.4) is 0 Å². The maximum absolute atomic E-state index is 14.3. The maximum Gasteiger partial charge on any atom is 0.265 e.